The maximum Gasteiger partial charge on any atom is 0.295 e. The molecule has 0 aromatic heterocycles. The Balaban J connectivity index is 2.03. The van der Waals surface area contributed by atoms with Crippen molar-refractivity contribution in [2.75, 3.05) is 33.8 Å². The summed E-state index contributed by atoms with van der Waals surface area (Å²) < 4.78 is 19.0. The van der Waals surface area contributed by atoms with Crippen LogP contribution in [0.5, 0.6) is 5.75 Å². The van der Waals surface area contributed by atoms with Crippen LogP contribution in [0.2, 0.25) is 0 Å². The number of ether oxygens (including phenoxy) is 1. The van der Waals surface area contributed by atoms with Crippen molar-refractivity contribution in [1.82, 2.24) is 4.90 Å². The molecule has 2 N–H and O–H groups in total. The Morgan fingerprint density at radius 1 is 1.09 bits per heavy atom. The van der Waals surface area contributed by atoms with E-state index >= 15 is 0 Å². The highest BCUT2D eigenvalue weighted by atomic mass is 19.1. The highest BCUT2D eigenvalue weighted by molar-refractivity contribution is 6.46. The standard InChI is InChI=1S/C25H29FN2O4/c1-4-16-32-20-12-8-17(9-13-20)22-21(23(29)18-6-10-19(26)11-7-18)24(30)25(31)28(22)15-5-14-27(2)3/h6-13,22,29H,4-5,14-16H2,1-3H3/p+1/b23-21-/t22-/m0/s1. The maximum atomic E-state index is 13.4. The number of halogens is 1. The second kappa shape index (κ2) is 10.4. The van der Waals surface area contributed by atoms with Gasteiger partial charge in [-0.3, -0.25) is 9.59 Å². The van der Waals surface area contributed by atoms with Crippen molar-refractivity contribution in [2.24, 2.45) is 0 Å². The molecular weight excluding hydrogens is 411 g/mol. The summed E-state index contributed by atoms with van der Waals surface area (Å²) in [5.41, 5.74) is 1.00. The van der Waals surface area contributed by atoms with Crippen LogP contribution in [0.15, 0.2) is 54.1 Å². The van der Waals surface area contributed by atoms with Crippen molar-refractivity contribution in [3.8, 4) is 5.75 Å². The van der Waals surface area contributed by atoms with Gasteiger partial charge >= 0.3 is 0 Å². The van der Waals surface area contributed by atoms with Crippen molar-refractivity contribution in [3.05, 3.63) is 71.0 Å². The van der Waals surface area contributed by atoms with E-state index in [0.29, 0.717) is 30.9 Å². The molecule has 0 radical (unpaired) electrons. The Morgan fingerprint density at radius 3 is 2.34 bits per heavy atom. The van der Waals surface area contributed by atoms with E-state index in [1.165, 1.54) is 34.1 Å². The van der Waals surface area contributed by atoms with Crippen LogP contribution < -0.4 is 9.64 Å². The number of carbonyl (C=O) groups excluding carboxylic acids is 2. The summed E-state index contributed by atoms with van der Waals surface area (Å²) in [6.07, 6.45) is 1.59. The van der Waals surface area contributed by atoms with Crippen molar-refractivity contribution in [3.63, 3.8) is 0 Å². The third-order valence-electron chi connectivity index (χ3n) is 5.40. The van der Waals surface area contributed by atoms with Gasteiger partial charge < -0.3 is 19.6 Å². The normalized spacial score (nSPS) is 17.9. The monoisotopic (exact) mass is 441 g/mol. The van der Waals surface area contributed by atoms with Gasteiger partial charge in [0.15, 0.2) is 0 Å². The third-order valence-corrected chi connectivity index (χ3v) is 5.40. The van der Waals surface area contributed by atoms with E-state index in [2.05, 4.69) is 0 Å². The number of benzene rings is 2. The van der Waals surface area contributed by atoms with E-state index in [4.69, 9.17) is 4.74 Å². The van der Waals surface area contributed by atoms with E-state index in [0.717, 1.165) is 13.0 Å². The molecule has 3 rings (SSSR count). The minimum Gasteiger partial charge on any atom is -0.507 e. The van der Waals surface area contributed by atoms with E-state index < -0.39 is 23.5 Å². The fourth-order valence-corrected chi connectivity index (χ4v) is 3.79. The lowest BCUT2D eigenvalue weighted by Crippen LogP contribution is -3.05. The van der Waals surface area contributed by atoms with Crippen LogP contribution in [0.25, 0.3) is 5.76 Å². The average molecular weight is 442 g/mol. The molecule has 1 amide bonds. The lowest BCUT2D eigenvalue weighted by atomic mass is 9.95. The number of nitrogens with one attached hydrogen (secondary N) is 1. The molecule has 2 aromatic carbocycles. The van der Waals surface area contributed by atoms with E-state index in [1.54, 1.807) is 12.1 Å². The zero-order chi connectivity index (χ0) is 23.3. The van der Waals surface area contributed by atoms with Crippen LogP contribution in [0.1, 0.15) is 36.9 Å². The molecule has 2 aromatic rings. The molecule has 170 valence electrons. The second-order valence-electron chi connectivity index (χ2n) is 8.23. The predicted molar refractivity (Wildman–Crippen MR) is 120 cm³/mol. The number of hydrogen-bond acceptors (Lipinski definition) is 4. The number of hydrogen-bond donors (Lipinski definition) is 2. The van der Waals surface area contributed by atoms with Crippen LogP contribution >= 0.6 is 0 Å². The first kappa shape index (κ1) is 23.5. The molecule has 6 nitrogen and oxygen atoms in total. The lowest BCUT2D eigenvalue weighted by molar-refractivity contribution is -0.858. The molecule has 1 fully saturated rings. The van der Waals surface area contributed by atoms with Gasteiger partial charge in [0.05, 0.1) is 38.9 Å². The number of likely N-dealkylation sites (tertiary alicyclic amines) is 1. The van der Waals surface area contributed by atoms with Crippen LogP contribution in [0.3, 0.4) is 0 Å². The highest BCUT2D eigenvalue weighted by Gasteiger charge is 2.45. The van der Waals surface area contributed by atoms with Gasteiger partial charge in [-0.25, -0.2) is 4.39 Å². The fraction of sp³-hybridized carbons (Fsp3) is 0.360. The molecule has 1 aliphatic heterocycles. The first-order valence-electron chi connectivity index (χ1n) is 10.9. The Bertz CT molecular complexity index is 984. The number of rotatable bonds is 9. The number of aliphatic hydroxyl groups excluding tert-OH is 1. The summed E-state index contributed by atoms with van der Waals surface area (Å²) in [6, 6.07) is 11.7. The number of nitrogens with zero attached hydrogens (tertiary/aromatic N) is 1. The topological polar surface area (TPSA) is 71.3 Å². The van der Waals surface area contributed by atoms with Gasteiger partial charge in [-0.1, -0.05) is 19.1 Å². The number of quaternary nitrogens is 1. The molecule has 1 aliphatic rings. The molecule has 1 atom stereocenters. The molecule has 7 heteroatoms. The van der Waals surface area contributed by atoms with Gasteiger partial charge in [0.2, 0.25) is 0 Å². The summed E-state index contributed by atoms with van der Waals surface area (Å²) in [7, 11) is 4.05. The van der Waals surface area contributed by atoms with E-state index in [9.17, 15) is 19.1 Å². The molecular formula is C25H30FN2O4+. The second-order valence-corrected chi connectivity index (χ2v) is 8.23. The predicted octanol–water partition coefficient (Wildman–Crippen LogP) is 2.57. The van der Waals surface area contributed by atoms with Gasteiger partial charge in [-0.05, 0) is 48.4 Å². The van der Waals surface area contributed by atoms with E-state index in [1.807, 2.05) is 33.2 Å². The van der Waals surface area contributed by atoms with Gasteiger partial charge in [0.1, 0.15) is 17.3 Å². The van der Waals surface area contributed by atoms with Crippen LogP contribution in [0, 0.1) is 5.82 Å². The number of aliphatic hydroxyl groups is 1. The van der Waals surface area contributed by atoms with Gasteiger partial charge in [0.25, 0.3) is 11.7 Å². The van der Waals surface area contributed by atoms with Crippen molar-refractivity contribution >= 4 is 17.4 Å². The lowest BCUT2D eigenvalue weighted by Gasteiger charge is -2.25. The number of carbonyl (C=O) groups is 2. The molecule has 1 heterocycles. The Kier molecular flexibility index (Phi) is 7.64. The van der Waals surface area contributed by atoms with Crippen molar-refractivity contribution in [2.45, 2.75) is 25.8 Å². The molecule has 0 bridgehead atoms. The van der Waals surface area contributed by atoms with Crippen molar-refractivity contribution in [1.29, 1.82) is 0 Å². The molecule has 0 aliphatic carbocycles. The summed E-state index contributed by atoms with van der Waals surface area (Å²) in [5, 5.41) is 11.0. The molecule has 0 spiro atoms. The van der Waals surface area contributed by atoms with Crippen LogP contribution in [-0.4, -0.2) is 55.5 Å². The molecule has 0 unspecified atom stereocenters. The minimum atomic E-state index is -0.736. The first-order valence-corrected chi connectivity index (χ1v) is 10.9. The Morgan fingerprint density at radius 2 is 1.75 bits per heavy atom. The van der Waals surface area contributed by atoms with Crippen LogP contribution in [0.4, 0.5) is 4.39 Å². The number of Topliss-reactive ketones (excluding diaryl/α,β-unsaturated/α-hetero) is 1. The van der Waals surface area contributed by atoms with Gasteiger partial charge in [-0.2, -0.15) is 0 Å². The summed E-state index contributed by atoms with van der Waals surface area (Å²) >= 11 is 0. The molecule has 32 heavy (non-hydrogen) atoms. The Hall–Kier alpha value is -3.19. The summed E-state index contributed by atoms with van der Waals surface area (Å²) in [6.45, 7) is 3.83. The van der Waals surface area contributed by atoms with E-state index in [-0.39, 0.29) is 16.9 Å². The average Bonchev–Trinajstić information content (AvgIpc) is 3.03. The van der Waals surface area contributed by atoms with Gasteiger partial charge in [0, 0.05) is 18.5 Å². The number of amides is 1. The molecule has 1 saturated heterocycles. The quantitative estimate of drug-likeness (QED) is 0.357. The van der Waals surface area contributed by atoms with Crippen molar-refractivity contribution < 1.29 is 28.7 Å². The summed E-state index contributed by atoms with van der Waals surface area (Å²) in [5.74, 6) is -1.44. The Labute approximate surface area is 187 Å². The first-order chi connectivity index (χ1) is 15.3. The SMILES string of the molecule is CCCOc1ccc([C@H]2/C(=C(/O)c3ccc(F)cc3)C(=O)C(=O)N2CCC[NH+](C)C)cc1. The smallest absolute Gasteiger partial charge is 0.295 e. The molecule has 0 saturated carbocycles. The maximum absolute atomic E-state index is 13.4. The summed E-state index contributed by atoms with van der Waals surface area (Å²) in [4.78, 5) is 28.6. The minimum absolute atomic E-state index is 0.0148. The number of ketones is 1. The third kappa shape index (κ3) is 5.16. The largest absolute Gasteiger partial charge is 0.507 e. The highest BCUT2D eigenvalue weighted by Crippen LogP contribution is 2.39. The zero-order valence-electron chi connectivity index (χ0n) is 18.7. The zero-order valence-corrected chi connectivity index (χ0v) is 18.7. The van der Waals surface area contributed by atoms with Crippen LogP contribution in [-0.2, 0) is 9.59 Å². The van der Waals surface area contributed by atoms with Gasteiger partial charge in [-0.15, -0.1) is 0 Å². The fourth-order valence-electron chi connectivity index (χ4n) is 3.79.